The summed E-state index contributed by atoms with van der Waals surface area (Å²) < 4.78 is 28.6. The molecule has 0 saturated carbocycles. The topological polar surface area (TPSA) is 76.1 Å². The van der Waals surface area contributed by atoms with Crippen LogP contribution in [0, 0.1) is 0 Å². The van der Waals surface area contributed by atoms with E-state index in [9.17, 15) is 13.2 Å². The van der Waals surface area contributed by atoms with Crippen LogP contribution in [-0.4, -0.2) is 19.7 Å². The van der Waals surface area contributed by atoms with E-state index in [1.807, 2.05) is 30.3 Å². The van der Waals surface area contributed by atoms with Gasteiger partial charge in [-0.25, -0.2) is 8.42 Å². The number of anilines is 1. The van der Waals surface area contributed by atoms with Gasteiger partial charge in [-0.05, 0) is 48.1 Å². The highest BCUT2D eigenvalue weighted by Gasteiger charge is 2.24. The predicted molar refractivity (Wildman–Crippen MR) is 110 cm³/mol. The summed E-state index contributed by atoms with van der Waals surface area (Å²) in [7, 11) is -3.63. The van der Waals surface area contributed by atoms with Crippen molar-refractivity contribution in [2.45, 2.75) is 25.0 Å². The molecule has 5 nitrogen and oxygen atoms in total. The molecule has 6 heteroatoms. The highest BCUT2D eigenvalue weighted by molar-refractivity contribution is 7.91. The molecule has 4 rings (SSSR count). The number of hydrogen-bond acceptors (Lipinski definition) is 4. The number of aryl methyl sites for hydroxylation is 1. The van der Waals surface area contributed by atoms with E-state index in [0.29, 0.717) is 22.5 Å². The maximum atomic E-state index is 12.9. The first-order chi connectivity index (χ1) is 13.6. The van der Waals surface area contributed by atoms with E-state index in [1.165, 1.54) is 0 Å². The first kappa shape index (κ1) is 18.4. The molecule has 1 aliphatic rings. The SMILES string of the molecule is O=Cc1cccnc1-c1ccc2c(c1NS(=O)(=O)Cc1ccccc1)CCC2. The summed E-state index contributed by atoms with van der Waals surface area (Å²) in [6, 6.07) is 16.3. The van der Waals surface area contributed by atoms with Gasteiger partial charge in [0, 0.05) is 17.3 Å². The molecule has 2 aromatic carbocycles. The number of nitrogens with zero attached hydrogens (tertiary/aromatic N) is 1. The first-order valence-electron chi connectivity index (χ1n) is 9.17. The lowest BCUT2D eigenvalue weighted by Gasteiger charge is -2.17. The van der Waals surface area contributed by atoms with Gasteiger partial charge >= 0.3 is 0 Å². The van der Waals surface area contributed by atoms with E-state index in [2.05, 4.69) is 9.71 Å². The summed E-state index contributed by atoms with van der Waals surface area (Å²) in [6.45, 7) is 0. The zero-order valence-corrected chi connectivity index (χ0v) is 16.1. The first-order valence-corrected chi connectivity index (χ1v) is 10.8. The number of carbonyl (C=O) groups excluding carboxylic acids is 1. The third-order valence-electron chi connectivity index (χ3n) is 4.96. The summed E-state index contributed by atoms with van der Waals surface area (Å²) in [5.41, 5.74) is 4.97. The van der Waals surface area contributed by atoms with Crippen molar-refractivity contribution in [2.24, 2.45) is 0 Å². The summed E-state index contributed by atoms with van der Waals surface area (Å²) in [5.74, 6) is -0.111. The molecule has 3 aromatic rings. The van der Waals surface area contributed by atoms with E-state index in [-0.39, 0.29) is 5.75 Å². The zero-order valence-electron chi connectivity index (χ0n) is 15.3. The Kier molecular flexibility index (Phi) is 4.96. The average Bonchev–Trinajstić information content (AvgIpc) is 3.18. The number of pyridine rings is 1. The molecule has 1 heterocycles. The Morgan fingerprint density at radius 1 is 1.00 bits per heavy atom. The number of sulfonamides is 1. The minimum Gasteiger partial charge on any atom is -0.298 e. The van der Waals surface area contributed by atoms with Gasteiger partial charge in [-0.2, -0.15) is 0 Å². The summed E-state index contributed by atoms with van der Waals surface area (Å²) in [6.07, 6.45) is 5.06. The van der Waals surface area contributed by atoms with Gasteiger partial charge in [0.15, 0.2) is 6.29 Å². The highest BCUT2D eigenvalue weighted by Crippen LogP contribution is 2.38. The summed E-state index contributed by atoms with van der Waals surface area (Å²) >= 11 is 0. The van der Waals surface area contributed by atoms with Gasteiger partial charge in [0.1, 0.15) is 0 Å². The van der Waals surface area contributed by atoms with Crippen LogP contribution in [0.3, 0.4) is 0 Å². The number of aldehydes is 1. The Balaban J connectivity index is 1.79. The summed E-state index contributed by atoms with van der Waals surface area (Å²) in [5, 5.41) is 0. The Labute approximate surface area is 164 Å². The smallest absolute Gasteiger partial charge is 0.236 e. The maximum Gasteiger partial charge on any atom is 0.236 e. The molecule has 0 unspecified atom stereocenters. The summed E-state index contributed by atoms with van der Waals surface area (Å²) in [4.78, 5) is 15.8. The second kappa shape index (κ2) is 7.56. The predicted octanol–water partition coefficient (Wildman–Crippen LogP) is 3.99. The largest absolute Gasteiger partial charge is 0.298 e. The quantitative estimate of drug-likeness (QED) is 0.644. The molecule has 0 radical (unpaired) electrons. The molecule has 1 aromatic heterocycles. The fourth-order valence-electron chi connectivity index (χ4n) is 3.70. The fraction of sp³-hybridized carbons (Fsp3) is 0.182. The van der Waals surface area contributed by atoms with Crippen molar-refractivity contribution in [1.29, 1.82) is 0 Å². The second-order valence-corrected chi connectivity index (χ2v) is 8.61. The van der Waals surface area contributed by atoms with Crippen molar-refractivity contribution >= 4 is 22.0 Å². The molecule has 0 fully saturated rings. The Morgan fingerprint density at radius 3 is 2.61 bits per heavy atom. The van der Waals surface area contributed by atoms with Gasteiger partial charge in [0.25, 0.3) is 0 Å². The standard InChI is InChI=1S/C22H20N2O3S/c25-14-18-9-5-13-23-21(18)20-12-11-17-8-4-10-19(17)22(20)24-28(26,27)15-16-6-2-1-3-7-16/h1-3,5-7,9,11-14,24H,4,8,10,15H2. The van der Waals surface area contributed by atoms with E-state index < -0.39 is 10.0 Å². The van der Waals surface area contributed by atoms with Crippen molar-refractivity contribution in [2.75, 3.05) is 4.72 Å². The van der Waals surface area contributed by atoms with Gasteiger partial charge in [-0.1, -0.05) is 42.5 Å². The van der Waals surface area contributed by atoms with Crippen LogP contribution in [-0.2, 0) is 28.6 Å². The molecular formula is C22H20N2O3S. The van der Waals surface area contributed by atoms with Crippen LogP contribution < -0.4 is 4.72 Å². The Hall–Kier alpha value is -2.99. The van der Waals surface area contributed by atoms with Gasteiger partial charge in [-0.3, -0.25) is 14.5 Å². The van der Waals surface area contributed by atoms with Crippen LogP contribution in [0.5, 0.6) is 0 Å². The molecule has 1 N–H and O–H groups in total. The van der Waals surface area contributed by atoms with E-state index in [0.717, 1.165) is 42.2 Å². The van der Waals surface area contributed by atoms with Crippen LogP contribution in [0.15, 0.2) is 60.8 Å². The third-order valence-corrected chi connectivity index (χ3v) is 6.19. The van der Waals surface area contributed by atoms with Crippen LogP contribution in [0.2, 0.25) is 0 Å². The number of hydrogen-bond donors (Lipinski definition) is 1. The number of carbonyl (C=O) groups is 1. The number of fused-ring (bicyclic) bond motifs is 1. The molecule has 0 aliphatic heterocycles. The van der Waals surface area contributed by atoms with Crippen LogP contribution in [0.1, 0.15) is 33.5 Å². The molecule has 28 heavy (non-hydrogen) atoms. The zero-order chi connectivity index (χ0) is 19.6. The van der Waals surface area contributed by atoms with Crippen molar-refractivity contribution in [3.63, 3.8) is 0 Å². The molecule has 0 amide bonds. The van der Waals surface area contributed by atoms with Crippen molar-refractivity contribution in [3.05, 3.63) is 83.0 Å². The molecule has 1 aliphatic carbocycles. The number of aromatic nitrogens is 1. The van der Waals surface area contributed by atoms with E-state index >= 15 is 0 Å². The minimum absolute atomic E-state index is 0.111. The number of rotatable bonds is 6. The molecule has 0 saturated heterocycles. The van der Waals surface area contributed by atoms with Crippen molar-refractivity contribution in [3.8, 4) is 11.3 Å². The molecule has 0 spiro atoms. The van der Waals surface area contributed by atoms with E-state index in [1.54, 1.807) is 30.5 Å². The highest BCUT2D eigenvalue weighted by atomic mass is 32.2. The van der Waals surface area contributed by atoms with Crippen molar-refractivity contribution in [1.82, 2.24) is 4.98 Å². The average molecular weight is 392 g/mol. The van der Waals surface area contributed by atoms with Gasteiger partial charge < -0.3 is 0 Å². The molecule has 142 valence electrons. The molecular weight excluding hydrogens is 372 g/mol. The fourth-order valence-corrected chi connectivity index (χ4v) is 4.95. The Morgan fingerprint density at radius 2 is 1.82 bits per heavy atom. The second-order valence-electron chi connectivity index (χ2n) is 6.89. The maximum absolute atomic E-state index is 12.9. The lowest BCUT2D eigenvalue weighted by molar-refractivity contribution is 0.112. The van der Waals surface area contributed by atoms with Crippen LogP contribution in [0.4, 0.5) is 5.69 Å². The van der Waals surface area contributed by atoms with Gasteiger partial charge in [0.05, 0.1) is 17.1 Å². The molecule has 0 bridgehead atoms. The lowest BCUT2D eigenvalue weighted by atomic mass is 9.98. The third kappa shape index (κ3) is 3.68. The molecule has 0 atom stereocenters. The Bertz CT molecular complexity index is 1130. The lowest BCUT2D eigenvalue weighted by Crippen LogP contribution is -2.17. The van der Waals surface area contributed by atoms with Gasteiger partial charge in [0.2, 0.25) is 10.0 Å². The van der Waals surface area contributed by atoms with E-state index in [4.69, 9.17) is 0 Å². The van der Waals surface area contributed by atoms with Gasteiger partial charge in [-0.15, -0.1) is 0 Å². The van der Waals surface area contributed by atoms with Crippen LogP contribution >= 0.6 is 0 Å². The van der Waals surface area contributed by atoms with Crippen molar-refractivity contribution < 1.29 is 13.2 Å². The monoisotopic (exact) mass is 392 g/mol. The number of nitrogens with one attached hydrogen (secondary N) is 1. The van der Waals surface area contributed by atoms with Crippen LogP contribution in [0.25, 0.3) is 11.3 Å². The number of benzene rings is 2. The minimum atomic E-state index is -3.63. The normalized spacial score (nSPS) is 13.1.